The van der Waals surface area contributed by atoms with Crippen LogP contribution in [0.4, 0.5) is 0 Å². The van der Waals surface area contributed by atoms with Gasteiger partial charge in [0, 0.05) is 0 Å². The lowest BCUT2D eigenvalue weighted by Gasteiger charge is -2.05. The molecule has 8 nitrogen and oxygen atoms in total. The molecule has 142 valence electrons. The molecule has 0 aliphatic heterocycles. The highest BCUT2D eigenvalue weighted by Crippen LogP contribution is 2.30. The summed E-state index contributed by atoms with van der Waals surface area (Å²) in [7, 11) is 0. The van der Waals surface area contributed by atoms with Gasteiger partial charge in [-0.1, -0.05) is 48.9 Å². The lowest BCUT2D eigenvalue weighted by molar-refractivity contribution is 0.0689. The van der Waals surface area contributed by atoms with Gasteiger partial charge in [-0.15, -0.1) is 20.4 Å². The van der Waals surface area contributed by atoms with Gasteiger partial charge in [0.15, 0.2) is 14.9 Å². The molecule has 26 heavy (non-hydrogen) atoms. The molecule has 4 rings (SSSR count). The number of aromatic nitrogens is 6. The van der Waals surface area contributed by atoms with Gasteiger partial charge in [-0.25, -0.2) is 4.79 Å². The van der Waals surface area contributed by atoms with Gasteiger partial charge in [0.2, 0.25) is 5.69 Å². The molecule has 0 saturated heterocycles. The summed E-state index contributed by atoms with van der Waals surface area (Å²) in [6.45, 7) is 0. The Kier molecular flexibility index (Phi) is 6.52. The van der Waals surface area contributed by atoms with Crippen molar-refractivity contribution in [2.45, 2.75) is 63.5 Å². The maximum Gasteiger partial charge on any atom is 0.359 e. The van der Waals surface area contributed by atoms with Gasteiger partial charge in [-0.05, 0) is 41.6 Å². The van der Waals surface area contributed by atoms with Crippen LogP contribution in [-0.2, 0) is 0 Å². The fourth-order valence-electron chi connectivity index (χ4n) is 3.32. The average Bonchev–Trinajstić information content (AvgIpc) is 3.35. The molecule has 0 spiro atoms. The van der Waals surface area contributed by atoms with Crippen LogP contribution in [0.3, 0.4) is 0 Å². The SMILES string of the molecule is Clc1nn(C2CCCC2)nc1Br.O=C(O)c1nn(C2CCCC2)nc1Cl. The molecule has 0 bridgehead atoms. The van der Waals surface area contributed by atoms with Gasteiger partial charge in [0.05, 0.1) is 12.1 Å². The highest BCUT2D eigenvalue weighted by Gasteiger charge is 2.23. The molecule has 0 unspecified atom stereocenters. The van der Waals surface area contributed by atoms with Crippen molar-refractivity contribution in [3.05, 3.63) is 20.6 Å². The van der Waals surface area contributed by atoms with E-state index in [0.717, 1.165) is 25.7 Å². The van der Waals surface area contributed by atoms with Gasteiger partial charge < -0.3 is 5.11 Å². The van der Waals surface area contributed by atoms with Crippen LogP contribution in [-0.4, -0.2) is 41.1 Å². The average molecular weight is 466 g/mol. The van der Waals surface area contributed by atoms with E-state index < -0.39 is 5.97 Å². The van der Waals surface area contributed by atoms with Crippen molar-refractivity contribution in [1.82, 2.24) is 30.0 Å². The molecular formula is C15H19BrCl2N6O2. The zero-order valence-electron chi connectivity index (χ0n) is 14.0. The van der Waals surface area contributed by atoms with Crippen molar-refractivity contribution < 1.29 is 9.90 Å². The summed E-state index contributed by atoms with van der Waals surface area (Å²) < 4.78 is 0.649. The van der Waals surface area contributed by atoms with Crippen LogP contribution in [0.15, 0.2) is 4.60 Å². The minimum atomic E-state index is -1.13. The lowest BCUT2D eigenvalue weighted by atomic mass is 10.3. The Hall–Kier alpha value is -1.19. The number of aromatic carboxylic acids is 1. The van der Waals surface area contributed by atoms with Crippen LogP contribution in [0.25, 0.3) is 0 Å². The first-order valence-corrected chi connectivity index (χ1v) is 10.1. The van der Waals surface area contributed by atoms with E-state index in [2.05, 4.69) is 36.3 Å². The quantitative estimate of drug-likeness (QED) is 0.713. The first-order chi connectivity index (χ1) is 12.5. The van der Waals surface area contributed by atoms with Crippen molar-refractivity contribution in [3.8, 4) is 0 Å². The van der Waals surface area contributed by atoms with E-state index in [1.807, 2.05) is 0 Å². The second-order valence-corrected chi connectivity index (χ2v) is 7.91. The number of hydrogen-bond donors (Lipinski definition) is 1. The number of carboxylic acids is 1. The standard InChI is InChI=1S/C8H10ClN3O2.C7H9BrClN3/c9-7-6(8(13)14)10-12(11-7)5-3-1-2-4-5;8-6-7(9)11-12(10-6)5-3-1-2-4-5/h5H,1-4H2,(H,13,14);5H,1-4H2. The first kappa shape index (κ1) is 19.6. The van der Waals surface area contributed by atoms with Gasteiger partial charge in [-0.3, -0.25) is 0 Å². The highest BCUT2D eigenvalue weighted by atomic mass is 79.9. The van der Waals surface area contributed by atoms with Crippen molar-refractivity contribution in [3.63, 3.8) is 0 Å². The maximum absolute atomic E-state index is 10.6. The first-order valence-electron chi connectivity index (χ1n) is 8.59. The Balaban J connectivity index is 0.000000152. The van der Waals surface area contributed by atoms with Crippen LogP contribution in [0.1, 0.15) is 73.9 Å². The van der Waals surface area contributed by atoms with Gasteiger partial charge >= 0.3 is 5.97 Å². The summed E-state index contributed by atoms with van der Waals surface area (Å²) in [5, 5.41) is 25.2. The Morgan fingerprint density at radius 2 is 1.35 bits per heavy atom. The molecule has 2 heterocycles. The third-order valence-corrected chi connectivity index (χ3v) is 5.92. The van der Waals surface area contributed by atoms with Crippen LogP contribution < -0.4 is 0 Å². The largest absolute Gasteiger partial charge is 0.476 e. The summed E-state index contributed by atoms with van der Waals surface area (Å²) >= 11 is 14.6. The zero-order valence-corrected chi connectivity index (χ0v) is 17.1. The smallest absolute Gasteiger partial charge is 0.359 e. The van der Waals surface area contributed by atoms with Crippen molar-refractivity contribution in [2.24, 2.45) is 0 Å². The molecule has 2 aromatic rings. The van der Waals surface area contributed by atoms with Crippen LogP contribution in [0, 0.1) is 0 Å². The minimum Gasteiger partial charge on any atom is -0.476 e. The normalized spacial score (nSPS) is 18.1. The van der Waals surface area contributed by atoms with Gasteiger partial charge in [0.25, 0.3) is 0 Å². The van der Waals surface area contributed by atoms with E-state index in [0.29, 0.717) is 15.8 Å². The van der Waals surface area contributed by atoms with E-state index in [1.165, 1.54) is 30.5 Å². The van der Waals surface area contributed by atoms with E-state index >= 15 is 0 Å². The van der Waals surface area contributed by atoms with Crippen molar-refractivity contribution >= 4 is 45.1 Å². The van der Waals surface area contributed by atoms with E-state index in [1.54, 1.807) is 4.80 Å². The topological polar surface area (TPSA) is 98.7 Å². The number of halogens is 3. The molecule has 2 saturated carbocycles. The molecule has 2 aromatic heterocycles. The third-order valence-electron chi connectivity index (χ3n) is 4.64. The molecule has 2 aliphatic rings. The minimum absolute atomic E-state index is 0.0237. The molecule has 1 N–H and O–H groups in total. The monoisotopic (exact) mass is 464 g/mol. The van der Waals surface area contributed by atoms with Gasteiger partial charge in [-0.2, -0.15) is 9.59 Å². The molecule has 2 aliphatic carbocycles. The Labute approximate surface area is 169 Å². The third kappa shape index (κ3) is 4.55. The highest BCUT2D eigenvalue weighted by molar-refractivity contribution is 9.10. The Bertz CT molecular complexity index is 749. The van der Waals surface area contributed by atoms with Crippen LogP contribution in [0.5, 0.6) is 0 Å². The van der Waals surface area contributed by atoms with E-state index in [9.17, 15) is 4.79 Å². The summed E-state index contributed by atoms with van der Waals surface area (Å²) in [5.41, 5.74) is -0.154. The molecule has 11 heteroatoms. The Morgan fingerprint density at radius 1 is 0.885 bits per heavy atom. The van der Waals surface area contributed by atoms with Crippen LogP contribution in [0.2, 0.25) is 10.3 Å². The lowest BCUT2D eigenvalue weighted by Crippen LogP contribution is -2.09. The molecule has 0 amide bonds. The summed E-state index contributed by atoms with van der Waals surface area (Å²) in [5.74, 6) is -1.13. The molecule has 2 fully saturated rings. The number of nitrogens with zero attached hydrogens (tertiary/aromatic N) is 6. The van der Waals surface area contributed by atoms with Crippen molar-refractivity contribution in [1.29, 1.82) is 0 Å². The Morgan fingerprint density at radius 3 is 1.73 bits per heavy atom. The summed E-state index contributed by atoms with van der Waals surface area (Å²) in [6.07, 6.45) is 9.21. The number of carboxylic acid groups (broad SMARTS) is 1. The van der Waals surface area contributed by atoms with Gasteiger partial charge in [0.1, 0.15) is 0 Å². The second kappa shape index (κ2) is 8.67. The molecule has 0 radical (unpaired) electrons. The molecular weight excluding hydrogens is 447 g/mol. The second-order valence-electron chi connectivity index (χ2n) is 6.44. The zero-order chi connectivity index (χ0) is 18.7. The number of carbonyl (C=O) groups is 1. The van der Waals surface area contributed by atoms with E-state index in [4.69, 9.17) is 28.3 Å². The number of hydrogen-bond acceptors (Lipinski definition) is 5. The summed E-state index contributed by atoms with van der Waals surface area (Å²) in [4.78, 5) is 13.8. The molecule has 0 atom stereocenters. The van der Waals surface area contributed by atoms with Crippen LogP contribution >= 0.6 is 39.1 Å². The predicted molar refractivity (Wildman–Crippen MR) is 99.7 cm³/mol. The summed E-state index contributed by atoms with van der Waals surface area (Å²) in [6, 6.07) is 0.689. The van der Waals surface area contributed by atoms with E-state index in [-0.39, 0.29) is 16.9 Å². The fraction of sp³-hybridized carbons (Fsp3) is 0.667. The molecule has 0 aromatic carbocycles. The predicted octanol–water partition coefficient (Wildman–Crippen LogP) is 4.55. The fourth-order valence-corrected chi connectivity index (χ4v) is 3.87. The maximum atomic E-state index is 10.6. The number of rotatable bonds is 3. The van der Waals surface area contributed by atoms with Crippen molar-refractivity contribution in [2.75, 3.05) is 0 Å².